The highest BCUT2D eigenvalue weighted by atomic mass is 32.2. The largest absolute Gasteiger partial charge is 0.220 e. The van der Waals surface area contributed by atoms with Gasteiger partial charge in [-0.3, -0.25) is 0 Å². The van der Waals surface area contributed by atoms with Crippen LogP contribution in [-0.2, 0) is 16.6 Å². The predicted molar refractivity (Wildman–Crippen MR) is 67.8 cm³/mol. The standard InChI is InChI=1S/C11H14N4O2S/c1-9-8-15(14-13-9)11-5-3-10(4-6-11)7-12-18(2,16)17/h3-6,8,12H,7H2,1-2H3. The summed E-state index contributed by atoms with van der Waals surface area (Å²) in [5.41, 5.74) is 2.62. The van der Waals surface area contributed by atoms with E-state index in [9.17, 15) is 8.42 Å². The molecule has 0 spiro atoms. The molecule has 0 fully saturated rings. The molecule has 0 bridgehead atoms. The van der Waals surface area contributed by atoms with Gasteiger partial charge in [0.2, 0.25) is 10.0 Å². The third kappa shape index (κ3) is 3.38. The van der Waals surface area contributed by atoms with Gasteiger partial charge < -0.3 is 0 Å². The normalized spacial score (nSPS) is 11.7. The molecule has 0 aliphatic rings. The Balaban J connectivity index is 2.10. The van der Waals surface area contributed by atoms with E-state index >= 15 is 0 Å². The Kier molecular flexibility index (Phi) is 3.44. The van der Waals surface area contributed by atoms with Gasteiger partial charge in [-0.2, -0.15) is 0 Å². The van der Waals surface area contributed by atoms with E-state index in [1.165, 1.54) is 0 Å². The van der Waals surface area contributed by atoms with Gasteiger partial charge >= 0.3 is 0 Å². The van der Waals surface area contributed by atoms with Crippen molar-refractivity contribution in [1.82, 2.24) is 19.7 Å². The van der Waals surface area contributed by atoms with Crippen molar-refractivity contribution in [3.8, 4) is 5.69 Å². The molecule has 96 valence electrons. The molecule has 2 rings (SSSR count). The smallest absolute Gasteiger partial charge is 0.209 e. The zero-order valence-electron chi connectivity index (χ0n) is 10.2. The van der Waals surface area contributed by atoms with Gasteiger partial charge in [-0.25, -0.2) is 17.8 Å². The maximum atomic E-state index is 11.0. The van der Waals surface area contributed by atoms with Crippen molar-refractivity contribution in [3.05, 3.63) is 41.7 Å². The summed E-state index contributed by atoms with van der Waals surface area (Å²) in [6.45, 7) is 2.16. The minimum absolute atomic E-state index is 0.287. The Bertz CT molecular complexity index is 631. The van der Waals surface area contributed by atoms with Crippen LogP contribution in [0.15, 0.2) is 30.5 Å². The number of hydrogen-bond acceptors (Lipinski definition) is 4. The third-order valence-electron chi connectivity index (χ3n) is 2.35. The molecular formula is C11H14N4O2S. The summed E-state index contributed by atoms with van der Waals surface area (Å²) in [7, 11) is -3.16. The van der Waals surface area contributed by atoms with E-state index in [1.807, 2.05) is 37.4 Å². The first kappa shape index (κ1) is 12.7. The first-order chi connectivity index (χ1) is 8.44. The molecule has 1 heterocycles. The maximum absolute atomic E-state index is 11.0. The summed E-state index contributed by atoms with van der Waals surface area (Å²) in [6.07, 6.45) is 2.96. The second-order valence-electron chi connectivity index (χ2n) is 4.06. The van der Waals surface area contributed by atoms with Crippen molar-refractivity contribution in [1.29, 1.82) is 0 Å². The molecule has 0 atom stereocenters. The average Bonchev–Trinajstić information content (AvgIpc) is 2.73. The van der Waals surface area contributed by atoms with Crippen molar-refractivity contribution >= 4 is 10.0 Å². The second kappa shape index (κ2) is 4.87. The molecule has 0 aliphatic heterocycles. The molecule has 0 amide bonds. The molecule has 0 aliphatic carbocycles. The predicted octanol–water partition coefficient (Wildman–Crippen LogP) is 0.625. The van der Waals surface area contributed by atoms with E-state index < -0.39 is 10.0 Å². The fourth-order valence-corrected chi connectivity index (χ4v) is 1.88. The molecule has 2 aromatic rings. The molecule has 0 saturated carbocycles. The summed E-state index contributed by atoms with van der Waals surface area (Å²) < 4.78 is 26.0. The summed E-state index contributed by atoms with van der Waals surface area (Å²) in [4.78, 5) is 0. The molecule has 0 radical (unpaired) electrons. The molecule has 18 heavy (non-hydrogen) atoms. The van der Waals surface area contributed by atoms with Crippen LogP contribution in [0.4, 0.5) is 0 Å². The van der Waals surface area contributed by atoms with Crippen molar-refractivity contribution in [2.24, 2.45) is 0 Å². The van der Waals surface area contributed by atoms with Crippen molar-refractivity contribution in [2.75, 3.05) is 6.26 Å². The Morgan fingerprint density at radius 2 is 1.94 bits per heavy atom. The van der Waals surface area contributed by atoms with Gasteiger partial charge in [-0.15, -0.1) is 5.10 Å². The number of nitrogens with one attached hydrogen (secondary N) is 1. The molecule has 6 nitrogen and oxygen atoms in total. The van der Waals surface area contributed by atoms with Gasteiger partial charge in [0.25, 0.3) is 0 Å². The first-order valence-corrected chi connectivity index (χ1v) is 7.26. The van der Waals surface area contributed by atoms with Crippen LogP contribution in [-0.4, -0.2) is 29.7 Å². The summed E-state index contributed by atoms with van der Waals surface area (Å²) in [5.74, 6) is 0. The zero-order chi connectivity index (χ0) is 13.2. The average molecular weight is 266 g/mol. The van der Waals surface area contributed by atoms with Crippen LogP contribution in [0, 0.1) is 6.92 Å². The number of benzene rings is 1. The number of aryl methyl sites for hydroxylation is 1. The highest BCUT2D eigenvalue weighted by Gasteiger charge is 2.02. The Morgan fingerprint density at radius 1 is 1.28 bits per heavy atom. The van der Waals surface area contributed by atoms with E-state index in [-0.39, 0.29) is 6.54 Å². The minimum Gasteiger partial charge on any atom is -0.220 e. The lowest BCUT2D eigenvalue weighted by Crippen LogP contribution is -2.21. The van der Waals surface area contributed by atoms with Crippen LogP contribution in [0.2, 0.25) is 0 Å². The van der Waals surface area contributed by atoms with Crippen molar-refractivity contribution in [2.45, 2.75) is 13.5 Å². The number of rotatable bonds is 4. The van der Waals surface area contributed by atoms with E-state index in [1.54, 1.807) is 4.68 Å². The number of aromatic nitrogens is 3. The van der Waals surface area contributed by atoms with Crippen LogP contribution in [0.3, 0.4) is 0 Å². The Labute approximate surface area is 106 Å². The van der Waals surface area contributed by atoms with Gasteiger partial charge in [0.15, 0.2) is 0 Å². The maximum Gasteiger partial charge on any atom is 0.209 e. The van der Waals surface area contributed by atoms with Gasteiger partial charge in [-0.05, 0) is 24.6 Å². The van der Waals surface area contributed by atoms with Crippen LogP contribution < -0.4 is 4.72 Å². The van der Waals surface area contributed by atoms with Gasteiger partial charge in [0.05, 0.1) is 23.8 Å². The van der Waals surface area contributed by atoms with Crippen molar-refractivity contribution < 1.29 is 8.42 Å². The Hall–Kier alpha value is -1.73. The van der Waals surface area contributed by atoms with Crippen LogP contribution >= 0.6 is 0 Å². The summed E-state index contributed by atoms with van der Waals surface area (Å²) in [5, 5.41) is 7.86. The van der Waals surface area contributed by atoms with Gasteiger partial charge in [0.1, 0.15) is 0 Å². The second-order valence-corrected chi connectivity index (χ2v) is 5.90. The lowest BCUT2D eigenvalue weighted by molar-refractivity contribution is 0.587. The third-order valence-corrected chi connectivity index (χ3v) is 3.02. The lowest BCUT2D eigenvalue weighted by atomic mass is 10.2. The van der Waals surface area contributed by atoms with E-state index in [2.05, 4.69) is 15.0 Å². The summed E-state index contributed by atoms with van der Waals surface area (Å²) >= 11 is 0. The topological polar surface area (TPSA) is 76.9 Å². The number of hydrogen-bond donors (Lipinski definition) is 1. The molecule has 0 unspecified atom stereocenters. The van der Waals surface area contributed by atoms with Gasteiger partial charge in [-0.1, -0.05) is 17.3 Å². The zero-order valence-corrected chi connectivity index (χ0v) is 11.0. The fraction of sp³-hybridized carbons (Fsp3) is 0.273. The van der Waals surface area contributed by atoms with E-state index in [0.717, 1.165) is 23.2 Å². The fourth-order valence-electron chi connectivity index (χ4n) is 1.45. The van der Waals surface area contributed by atoms with Crippen LogP contribution in [0.25, 0.3) is 5.69 Å². The molecule has 7 heteroatoms. The van der Waals surface area contributed by atoms with Crippen LogP contribution in [0.1, 0.15) is 11.3 Å². The Morgan fingerprint density at radius 3 is 2.44 bits per heavy atom. The highest BCUT2D eigenvalue weighted by Crippen LogP contribution is 2.09. The van der Waals surface area contributed by atoms with E-state index in [4.69, 9.17) is 0 Å². The summed E-state index contributed by atoms with van der Waals surface area (Å²) in [6, 6.07) is 7.44. The lowest BCUT2D eigenvalue weighted by Gasteiger charge is -2.04. The number of sulfonamides is 1. The quantitative estimate of drug-likeness (QED) is 0.880. The molecule has 1 aromatic heterocycles. The van der Waals surface area contributed by atoms with Gasteiger partial charge in [0, 0.05) is 6.54 Å². The molecule has 1 aromatic carbocycles. The van der Waals surface area contributed by atoms with Crippen molar-refractivity contribution in [3.63, 3.8) is 0 Å². The highest BCUT2D eigenvalue weighted by molar-refractivity contribution is 7.88. The SMILES string of the molecule is Cc1cn(-c2ccc(CNS(C)(=O)=O)cc2)nn1. The molecule has 0 saturated heterocycles. The van der Waals surface area contributed by atoms with Crippen LogP contribution in [0.5, 0.6) is 0 Å². The number of nitrogens with zero attached hydrogens (tertiary/aromatic N) is 3. The first-order valence-electron chi connectivity index (χ1n) is 5.37. The minimum atomic E-state index is -3.16. The monoisotopic (exact) mass is 266 g/mol. The molecular weight excluding hydrogens is 252 g/mol. The van der Waals surface area contributed by atoms with E-state index in [0.29, 0.717) is 0 Å². The molecule has 1 N–H and O–H groups in total.